The maximum absolute atomic E-state index is 11.6. The van der Waals surface area contributed by atoms with E-state index in [1.807, 2.05) is 25.1 Å². The van der Waals surface area contributed by atoms with Gasteiger partial charge < -0.3 is 4.74 Å². The van der Waals surface area contributed by atoms with Crippen molar-refractivity contribution < 1.29 is 9.53 Å². The van der Waals surface area contributed by atoms with Crippen molar-refractivity contribution in [3.63, 3.8) is 0 Å². The summed E-state index contributed by atoms with van der Waals surface area (Å²) in [5, 5.41) is 0. The van der Waals surface area contributed by atoms with E-state index in [1.165, 1.54) is 11.1 Å². The van der Waals surface area contributed by atoms with Crippen molar-refractivity contribution in [1.29, 1.82) is 0 Å². The van der Waals surface area contributed by atoms with E-state index in [4.69, 9.17) is 4.74 Å². The number of fused-ring (bicyclic) bond motifs is 1. The monoisotopic (exact) mass is 230 g/mol. The Balaban J connectivity index is 1.91. The molecule has 0 fully saturated rings. The Hall–Kier alpha value is -1.57. The van der Waals surface area contributed by atoms with Gasteiger partial charge in [-0.05, 0) is 36.8 Å². The van der Waals surface area contributed by atoms with Gasteiger partial charge in [0.1, 0.15) is 6.61 Å². The molecule has 0 spiro atoms. The minimum atomic E-state index is -0.0928. The Morgan fingerprint density at radius 2 is 2.29 bits per heavy atom. The fraction of sp³-hybridized carbons (Fsp3) is 0.400. The summed E-state index contributed by atoms with van der Waals surface area (Å²) in [6.45, 7) is 2.31. The van der Waals surface area contributed by atoms with Gasteiger partial charge in [0.25, 0.3) is 0 Å². The zero-order valence-electron chi connectivity index (χ0n) is 10.2. The van der Waals surface area contributed by atoms with Crippen LogP contribution in [0, 0.1) is 0 Å². The molecule has 0 bridgehead atoms. The molecule has 0 heterocycles. The lowest BCUT2D eigenvalue weighted by molar-refractivity contribution is -0.142. The van der Waals surface area contributed by atoms with Crippen LogP contribution >= 0.6 is 0 Å². The Bertz CT molecular complexity index is 421. The lowest BCUT2D eigenvalue weighted by Gasteiger charge is -2.10. The first kappa shape index (κ1) is 11.9. The molecule has 0 radical (unpaired) electrons. The minimum absolute atomic E-state index is 0.0928. The van der Waals surface area contributed by atoms with E-state index in [0.29, 0.717) is 18.9 Å². The predicted octanol–water partition coefficient (Wildman–Crippen LogP) is 3.23. The van der Waals surface area contributed by atoms with Gasteiger partial charge in [-0.15, -0.1) is 0 Å². The van der Waals surface area contributed by atoms with Crippen molar-refractivity contribution in [3.05, 3.63) is 47.5 Å². The van der Waals surface area contributed by atoms with E-state index < -0.39 is 0 Å². The molecule has 0 aromatic heterocycles. The highest BCUT2D eigenvalue weighted by atomic mass is 16.5. The molecule has 1 aromatic carbocycles. The van der Waals surface area contributed by atoms with Gasteiger partial charge in [-0.2, -0.15) is 0 Å². The lowest BCUT2D eigenvalue weighted by atomic mass is 9.98. The number of carbonyl (C=O) groups is 1. The van der Waals surface area contributed by atoms with Crippen molar-refractivity contribution in [2.24, 2.45) is 0 Å². The molecular formula is C15H18O2. The second-order valence-electron chi connectivity index (χ2n) is 4.39. The quantitative estimate of drug-likeness (QED) is 0.586. The number of allylic oxidation sites excluding steroid dienone is 1. The smallest absolute Gasteiger partial charge is 0.306 e. The van der Waals surface area contributed by atoms with Gasteiger partial charge in [0.05, 0.1) is 6.42 Å². The molecule has 90 valence electrons. The molecular weight excluding hydrogens is 212 g/mol. The average Bonchev–Trinajstić information content (AvgIpc) is 2.73. The fourth-order valence-electron chi connectivity index (χ4n) is 2.35. The molecule has 0 amide bonds. The third kappa shape index (κ3) is 2.96. The highest BCUT2D eigenvalue weighted by Gasteiger charge is 2.24. The molecule has 17 heavy (non-hydrogen) atoms. The van der Waals surface area contributed by atoms with Crippen LogP contribution < -0.4 is 0 Å². The van der Waals surface area contributed by atoms with E-state index in [-0.39, 0.29) is 5.97 Å². The van der Waals surface area contributed by atoms with Crippen molar-refractivity contribution in [2.45, 2.75) is 32.1 Å². The van der Waals surface area contributed by atoms with Crippen LogP contribution in [-0.2, 0) is 16.0 Å². The molecule has 1 aliphatic carbocycles. The molecule has 0 aliphatic heterocycles. The van der Waals surface area contributed by atoms with E-state index in [1.54, 1.807) is 0 Å². The minimum Gasteiger partial charge on any atom is -0.461 e. The SMILES string of the molecule is C/C=C/COC(=O)CC1CCc2ccccc21. The number of rotatable bonds is 4. The molecule has 2 heteroatoms. The highest BCUT2D eigenvalue weighted by Crippen LogP contribution is 2.35. The van der Waals surface area contributed by atoms with E-state index in [9.17, 15) is 4.79 Å². The summed E-state index contributed by atoms with van der Waals surface area (Å²) in [7, 11) is 0. The molecule has 2 rings (SSSR count). The molecule has 1 aliphatic rings. The summed E-state index contributed by atoms with van der Waals surface area (Å²) in [5.41, 5.74) is 2.72. The summed E-state index contributed by atoms with van der Waals surface area (Å²) in [4.78, 5) is 11.6. The Labute approximate surface area is 102 Å². The van der Waals surface area contributed by atoms with Crippen LogP contribution in [0.1, 0.15) is 36.8 Å². The van der Waals surface area contributed by atoms with Gasteiger partial charge in [-0.25, -0.2) is 0 Å². The van der Waals surface area contributed by atoms with Crippen molar-refractivity contribution in [2.75, 3.05) is 6.61 Å². The topological polar surface area (TPSA) is 26.3 Å². The number of hydrogen-bond acceptors (Lipinski definition) is 2. The van der Waals surface area contributed by atoms with Gasteiger partial charge in [-0.3, -0.25) is 4.79 Å². The number of hydrogen-bond donors (Lipinski definition) is 0. The number of ether oxygens (including phenoxy) is 1. The second-order valence-corrected chi connectivity index (χ2v) is 4.39. The normalized spacial score (nSPS) is 18.3. The van der Waals surface area contributed by atoms with E-state index >= 15 is 0 Å². The maximum Gasteiger partial charge on any atom is 0.306 e. The molecule has 0 saturated carbocycles. The first-order valence-electron chi connectivity index (χ1n) is 6.16. The zero-order valence-corrected chi connectivity index (χ0v) is 10.2. The van der Waals surface area contributed by atoms with Crippen LogP contribution in [0.25, 0.3) is 0 Å². The predicted molar refractivity (Wildman–Crippen MR) is 67.9 cm³/mol. The number of benzene rings is 1. The van der Waals surface area contributed by atoms with Crippen LogP contribution in [0.2, 0.25) is 0 Å². The Morgan fingerprint density at radius 3 is 3.12 bits per heavy atom. The van der Waals surface area contributed by atoms with Crippen molar-refractivity contribution in [1.82, 2.24) is 0 Å². The summed E-state index contributed by atoms with van der Waals surface area (Å²) in [6.07, 6.45) is 6.40. The summed E-state index contributed by atoms with van der Waals surface area (Å²) >= 11 is 0. The van der Waals surface area contributed by atoms with Gasteiger partial charge in [0.15, 0.2) is 0 Å². The van der Waals surface area contributed by atoms with Gasteiger partial charge >= 0.3 is 5.97 Å². The largest absolute Gasteiger partial charge is 0.461 e. The summed E-state index contributed by atoms with van der Waals surface area (Å²) in [6, 6.07) is 8.39. The third-order valence-corrected chi connectivity index (χ3v) is 3.25. The lowest BCUT2D eigenvalue weighted by Crippen LogP contribution is -2.09. The Morgan fingerprint density at radius 1 is 1.47 bits per heavy atom. The molecule has 0 saturated heterocycles. The average molecular weight is 230 g/mol. The zero-order chi connectivity index (χ0) is 12.1. The number of carbonyl (C=O) groups excluding carboxylic acids is 1. The van der Waals surface area contributed by atoms with Crippen LogP contribution in [0.15, 0.2) is 36.4 Å². The Kier molecular flexibility index (Phi) is 3.97. The molecule has 1 atom stereocenters. The van der Waals surface area contributed by atoms with Gasteiger partial charge in [0, 0.05) is 0 Å². The molecule has 0 N–H and O–H groups in total. The van der Waals surface area contributed by atoms with Crippen molar-refractivity contribution >= 4 is 5.97 Å². The second kappa shape index (κ2) is 5.67. The summed E-state index contributed by atoms with van der Waals surface area (Å²) in [5.74, 6) is 0.258. The van der Waals surface area contributed by atoms with Gasteiger partial charge in [-0.1, -0.05) is 36.4 Å². The van der Waals surface area contributed by atoms with E-state index in [2.05, 4.69) is 18.2 Å². The van der Waals surface area contributed by atoms with Crippen LogP contribution in [0.3, 0.4) is 0 Å². The maximum atomic E-state index is 11.6. The first-order valence-corrected chi connectivity index (χ1v) is 6.16. The standard InChI is InChI=1S/C15H18O2/c1-2-3-10-17-15(16)11-13-9-8-12-6-4-5-7-14(12)13/h2-7,13H,8-11H2,1H3/b3-2+. The van der Waals surface area contributed by atoms with Crippen LogP contribution in [0.5, 0.6) is 0 Å². The van der Waals surface area contributed by atoms with Crippen molar-refractivity contribution in [3.8, 4) is 0 Å². The fourth-order valence-corrected chi connectivity index (χ4v) is 2.35. The first-order chi connectivity index (χ1) is 8.31. The van der Waals surface area contributed by atoms with E-state index in [0.717, 1.165) is 12.8 Å². The van der Waals surface area contributed by atoms with Crippen LogP contribution in [0.4, 0.5) is 0 Å². The molecule has 1 aromatic rings. The number of esters is 1. The summed E-state index contributed by atoms with van der Waals surface area (Å²) < 4.78 is 5.13. The molecule has 2 nitrogen and oxygen atoms in total. The van der Waals surface area contributed by atoms with Gasteiger partial charge in [0.2, 0.25) is 0 Å². The number of aryl methyl sites for hydroxylation is 1. The highest BCUT2D eigenvalue weighted by molar-refractivity contribution is 5.71. The molecule has 1 unspecified atom stereocenters. The third-order valence-electron chi connectivity index (χ3n) is 3.25. The van der Waals surface area contributed by atoms with Crippen LogP contribution in [-0.4, -0.2) is 12.6 Å².